The van der Waals surface area contributed by atoms with Crippen LogP contribution in [-0.4, -0.2) is 33.1 Å². The summed E-state index contributed by atoms with van der Waals surface area (Å²) < 4.78 is 37.8. The number of phenolic OH excluding ortho intramolecular Hbond substituents is 1. The first-order valence-electron chi connectivity index (χ1n) is 6.85. The smallest absolute Gasteiger partial charge is 0.416 e. The molecule has 0 radical (unpaired) electrons. The lowest BCUT2D eigenvalue weighted by molar-refractivity contribution is -0.137. The van der Waals surface area contributed by atoms with Crippen LogP contribution in [0.15, 0.2) is 24.3 Å². The molecule has 0 bridgehead atoms. The maximum Gasteiger partial charge on any atom is 0.416 e. The summed E-state index contributed by atoms with van der Waals surface area (Å²) in [4.78, 5) is 0. The van der Waals surface area contributed by atoms with E-state index in [2.05, 4.69) is 15.5 Å². The Hall–Kier alpha value is -2.35. The minimum atomic E-state index is -4.52. The highest BCUT2D eigenvalue weighted by atomic mass is 19.4. The van der Waals surface area contributed by atoms with E-state index < -0.39 is 23.6 Å². The predicted octanol–water partition coefficient (Wildman–Crippen LogP) is 2.97. The van der Waals surface area contributed by atoms with E-state index in [0.29, 0.717) is 29.7 Å². The van der Waals surface area contributed by atoms with E-state index >= 15 is 0 Å². The van der Waals surface area contributed by atoms with Crippen LogP contribution in [0, 0.1) is 6.92 Å². The van der Waals surface area contributed by atoms with Gasteiger partial charge in [-0.1, -0.05) is 0 Å². The molecule has 0 saturated heterocycles. The van der Waals surface area contributed by atoms with Gasteiger partial charge in [-0.3, -0.25) is 0 Å². The number of aromatic hydroxyl groups is 1. The van der Waals surface area contributed by atoms with Crippen LogP contribution < -0.4 is 5.32 Å². The molecule has 0 spiro atoms. The highest BCUT2D eigenvalue weighted by Crippen LogP contribution is 2.36. The lowest BCUT2D eigenvalue weighted by Crippen LogP contribution is -2.16. The summed E-state index contributed by atoms with van der Waals surface area (Å²) in [5.74, 6) is -0.0829. The average molecular weight is 327 g/mol. The van der Waals surface area contributed by atoms with Gasteiger partial charge in [0.25, 0.3) is 0 Å². The molecular formula is C15H16F3N3O2. The van der Waals surface area contributed by atoms with Crippen LogP contribution in [0.5, 0.6) is 5.75 Å². The highest BCUT2D eigenvalue weighted by Gasteiger charge is 2.31. The number of aryl methyl sites for hydroxylation is 1. The zero-order valence-electron chi connectivity index (χ0n) is 12.5. The zero-order chi connectivity index (χ0) is 17.2. The van der Waals surface area contributed by atoms with Crippen molar-refractivity contribution in [3.8, 4) is 17.0 Å². The highest BCUT2D eigenvalue weighted by molar-refractivity contribution is 5.70. The average Bonchev–Trinajstić information content (AvgIpc) is 2.44. The molecule has 0 aliphatic carbocycles. The minimum Gasteiger partial charge on any atom is -0.507 e. The van der Waals surface area contributed by atoms with Crippen molar-refractivity contribution < 1.29 is 23.4 Å². The number of phenols is 1. The van der Waals surface area contributed by atoms with Crippen LogP contribution in [-0.2, 0) is 6.18 Å². The van der Waals surface area contributed by atoms with Crippen LogP contribution in [0.3, 0.4) is 0 Å². The third-order valence-corrected chi connectivity index (χ3v) is 3.14. The molecule has 1 heterocycles. The Bertz CT molecular complexity index is 703. The second-order valence-corrected chi connectivity index (χ2v) is 5.22. The van der Waals surface area contributed by atoms with Gasteiger partial charge in [0.15, 0.2) is 0 Å². The Labute approximate surface area is 130 Å². The topological polar surface area (TPSA) is 78.3 Å². The van der Waals surface area contributed by atoms with Crippen molar-refractivity contribution in [3.05, 3.63) is 35.4 Å². The molecule has 1 unspecified atom stereocenters. The van der Waals surface area contributed by atoms with E-state index in [1.807, 2.05) is 0 Å². The van der Waals surface area contributed by atoms with Gasteiger partial charge in [0.1, 0.15) is 11.6 Å². The fraction of sp³-hybridized carbons (Fsp3) is 0.333. The number of nitrogens with zero attached hydrogens (tertiary/aromatic N) is 2. The number of anilines is 1. The molecule has 0 amide bonds. The number of rotatable bonds is 4. The maximum absolute atomic E-state index is 12.6. The molecule has 5 nitrogen and oxygen atoms in total. The predicted molar refractivity (Wildman–Crippen MR) is 79.0 cm³/mol. The van der Waals surface area contributed by atoms with Gasteiger partial charge >= 0.3 is 6.18 Å². The first-order chi connectivity index (χ1) is 10.7. The minimum absolute atomic E-state index is 0.171. The van der Waals surface area contributed by atoms with Crippen molar-refractivity contribution in [3.63, 3.8) is 0 Å². The number of hydrogen-bond donors (Lipinski definition) is 3. The molecule has 124 valence electrons. The molecular weight excluding hydrogens is 311 g/mol. The molecule has 1 aromatic heterocycles. The summed E-state index contributed by atoms with van der Waals surface area (Å²) in [6.45, 7) is 3.61. The second kappa shape index (κ2) is 6.41. The van der Waals surface area contributed by atoms with Crippen molar-refractivity contribution >= 4 is 5.82 Å². The molecule has 1 atom stereocenters. The fourth-order valence-electron chi connectivity index (χ4n) is 2.00. The summed E-state index contributed by atoms with van der Waals surface area (Å²) >= 11 is 0. The summed E-state index contributed by atoms with van der Waals surface area (Å²) in [6.07, 6.45) is -5.08. The van der Waals surface area contributed by atoms with Crippen LogP contribution in [0.25, 0.3) is 11.3 Å². The van der Waals surface area contributed by atoms with E-state index in [9.17, 15) is 23.4 Å². The molecule has 3 N–H and O–H groups in total. The maximum atomic E-state index is 12.6. The van der Waals surface area contributed by atoms with Gasteiger partial charge in [0, 0.05) is 12.1 Å². The molecule has 0 aliphatic heterocycles. The van der Waals surface area contributed by atoms with Crippen LogP contribution in [0.2, 0.25) is 0 Å². The number of aliphatic hydroxyl groups excluding tert-OH is 1. The molecule has 0 saturated carbocycles. The van der Waals surface area contributed by atoms with E-state index in [1.165, 1.54) is 0 Å². The second-order valence-electron chi connectivity index (χ2n) is 5.22. The number of halogens is 3. The monoisotopic (exact) mass is 327 g/mol. The quantitative estimate of drug-likeness (QED) is 0.805. The number of benzene rings is 1. The number of aromatic nitrogens is 2. The van der Waals surface area contributed by atoms with Crippen molar-refractivity contribution in [1.29, 1.82) is 0 Å². The first kappa shape index (κ1) is 17.0. The molecule has 0 fully saturated rings. The summed E-state index contributed by atoms with van der Waals surface area (Å²) in [7, 11) is 0. The molecule has 2 aromatic rings. The molecule has 8 heteroatoms. The first-order valence-corrected chi connectivity index (χ1v) is 6.85. The van der Waals surface area contributed by atoms with Gasteiger partial charge in [0.2, 0.25) is 0 Å². The third kappa shape index (κ3) is 4.10. The van der Waals surface area contributed by atoms with E-state index in [4.69, 9.17) is 0 Å². The van der Waals surface area contributed by atoms with Gasteiger partial charge in [-0.05, 0) is 43.7 Å². The molecule has 23 heavy (non-hydrogen) atoms. The lowest BCUT2D eigenvalue weighted by atomic mass is 10.0. The number of hydrogen-bond acceptors (Lipinski definition) is 5. The third-order valence-electron chi connectivity index (χ3n) is 3.14. The summed E-state index contributed by atoms with van der Waals surface area (Å²) in [6, 6.07) is 4.35. The Morgan fingerprint density at radius 2 is 1.91 bits per heavy atom. The molecule has 0 aliphatic rings. The van der Waals surface area contributed by atoms with E-state index in [0.717, 1.165) is 12.1 Å². The normalized spacial score (nSPS) is 13.0. The van der Waals surface area contributed by atoms with Crippen LogP contribution in [0.4, 0.5) is 19.0 Å². The molecule has 1 aromatic carbocycles. The van der Waals surface area contributed by atoms with Crippen LogP contribution >= 0.6 is 0 Å². The van der Waals surface area contributed by atoms with Gasteiger partial charge < -0.3 is 15.5 Å². The number of aliphatic hydroxyl groups is 1. The lowest BCUT2D eigenvalue weighted by Gasteiger charge is -2.12. The summed E-state index contributed by atoms with van der Waals surface area (Å²) in [5, 5.41) is 29.8. The number of nitrogens with one attached hydrogen (secondary N) is 1. The van der Waals surface area contributed by atoms with Gasteiger partial charge in [-0.2, -0.15) is 13.2 Å². The Morgan fingerprint density at radius 3 is 2.43 bits per heavy atom. The van der Waals surface area contributed by atoms with Gasteiger partial charge in [-0.25, -0.2) is 0 Å². The van der Waals surface area contributed by atoms with Crippen LogP contribution in [0.1, 0.15) is 18.1 Å². The van der Waals surface area contributed by atoms with Crippen molar-refractivity contribution in [2.75, 3.05) is 11.9 Å². The van der Waals surface area contributed by atoms with Gasteiger partial charge in [0.05, 0.1) is 17.4 Å². The summed E-state index contributed by atoms with van der Waals surface area (Å²) in [5.41, 5.74) is 0.159. The van der Waals surface area contributed by atoms with Crippen molar-refractivity contribution in [2.45, 2.75) is 26.1 Å². The standard InChI is InChI=1S/C15H16F3N3O2/c1-8-5-13(19-7-9(2)22)20-21-14(8)11-4-3-10(6-12(11)23)15(16,17)18/h3-6,9,22-23H,7H2,1-2H3,(H,19,20). The Kier molecular flexibility index (Phi) is 4.74. The Balaban J connectivity index is 2.32. The van der Waals surface area contributed by atoms with Crippen molar-refractivity contribution in [2.24, 2.45) is 0 Å². The number of alkyl halides is 3. The zero-order valence-corrected chi connectivity index (χ0v) is 12.5. The largest absolute Gasteiger partial charge is 0.507 e. The van der Waals surface area contributed by atoms with Crippen molar-refractivity contribution in [1.82, 2.24) is 10.2 Å². The van der Waals surface area contributed by atoms with E-state index in [-0.39, 0.29) is 5.56 Å². The SMILES string of the molecule is Cc1cc(NCC(C)O)nnc1-c1ccc(C(F)(F)F)cc1O. The Morgan fingerprint density at radius 1 is 1.22 bits per heavy atom. The molecule has 2 rings (SSSR count). The van der Waals surface area contributed by atoms with Gasteiger partial charge in [-0.15, -0.1) is 10.2 Å². The fourth-order valence-corrected chi connectivity index (χ4v) is 2.00. The van der Waals surface area contributed by atoms with E-state index in [1.54, 1.807) is 19.9 Å².